The van der Waals surface area contributed by atoms with Crippen LogP contribution in [0.5, 0.6) is 11.5 Å². The van der Waals surface area contributed by atoms with Gasteiger partial charge in [0.2, 0.25) is 0 Å². The summed E-state index contributed by atoms with van der Waals surface area (Å²) in [5, 5.41) is 2.45. The van der Waals surface area contributed by atoms with Crippen LogP contribution < -0.4 is 18.1 Å². The van der Waals surface area contributed by atoms with Crippen molar-refractivity contribution in [2.24, 2.45) is 0 Å². The van der Waals surface area contributed by atoms with Gasteiger partial charge < -0.3 is 20.7 Å². The van der Waals surface area contributed by atoms with Crippen molar-refractivity contribution in [1.29, 1.82) is 0 Å². The third kappa shape index (κ3) is 5.14. The van der Waals surface area contributed by atoms with Gasteiger partial charge in [-0.15, -0.1) is 0 Å². The number of nitrogens with zero attached hydrogens (tertiary/aromatic N) is 3. The van der Waals surface area contributed by atoms with Crippen LogP contribution >= 0.6 is 0 Å². The van der Waals surface area contributed by atoms with Gasteiger partial charge in [0.25, 0.3) is 0 Å². The van der Waals surface area contributed by atoms with Gasteiger partial charge in [0.05, 0.1) is 0 Å². The highest BCUT2D eigenvalue weighted by atomic mass is 27.3. The van der Waals surface area contributed by atoms with Crippen molar-refractivity contribution in [2.45, 2.75) is 39.5 Å². The minimum Gasteiger partial charge on any atom is -0.576 e. The van der Waals surface area contributed by atoms with Gasteiger partial charge in [0.15, 0.2) is 0 Å². The molecule has 5 heterocycles. The number of aryl methyl sites for hydroxylation is 4. The Hall–Kier alpha value is -4.91. The Labute approximate surface area is 269 Å². The molecule has 3 aromatic heterocycles. The molecule has 0 N–H and O–H groups in total. The van der Waals surface area contributed by atoms with Crippen molar-refractivity contribution >= 4 is 59.6 Å². The number of anilines is 1. The minimum atomic E-state index is -3.40. The summed E-state index contributed by atoms with van der Waals surface area (Å²) in [5.74, 6) is -0.0409. The van der Waals surface area contributed by atoms with Crippen LogP contribution in [0.4, 0.5) is 5.69 Å². The van der Waals surface area contributed by atoms with E-state index in [0.717, 1.165) is 66.5 Å². The molecule has 6 aromatic rings. The van der Waals surface area contributed by atoms with Gasteiger partial charge in [-0.05, 0) is 81.5 Å². The van der Waals surface area contributed by atoms with E-state index in [2.05, 4.69) is 14.9 Å². The molecule has 8 rings (SSSR count). The smallest absolute Gasteiger partial charge is 0.576 e. The maximum atomic E-state index is 13.8. The van der Waals surface area contributed by atoms with Crippen molar-refractivity contribution in [1.82, 2.24) is 9.97 Å². The minimum absolute atomic E-state index is 0.202. The Morgan fingerprint density at radius 2 is 1.43 bits per heavy atom. The maximum Gasteiger partial charge on any atom is 1.20 e. The predicted octanol–water partition coefficient (Wildman–Crippen LogP) is 6.50. The maximum absolute atomic E-state index is 13.8. The molecule has 0 unspecified atom stereocenters. The molecular weight excluding hydrogens is 597 g/mol. The number of para-hydroxylation sites is 2. The highest BCUT2D eigenvalue weighted by molar-refractivity contribution is 6.42. The second-order valence-corrected chi connectivity index (χ2v) is 13.2. The standard InChI is InChI=1S/C16H15NO4.2C10H9NO.Al/c18-15(19)12-8-10-7-9-3-1-5-17-6-2-4-11(13(9)17)14(10)21-16(12)20;2*1-7-5-6-8-3-2-4-9(12)10(8)11-7;/h7-8H,1-6H2,(H,18,19);2*2-6,12H,1H3;/q;;;+3/p-3. The lowest BCUT2D eigenvalue weighted by atomic mass is 9.90. The fourth-order valence-electron chi connectivity index (χ4n) is 6.64. The van der Waals surface area contributed by atoms with E-state index in [1.165, 1.54) is 11.3 Å². The van der Waals surface area contributed by atoms with E-state index in [9.17, 15) is 9.59 Å². The fourth-order valence-corrected chi connectivity index (χ4v) is 7.88. The molecule has 228 valence electrons. The summed E-state index contributed by atoms with van der Waals surface area (Å²) in [4.78, 5) is 38.9. The molecule has 2 aliphatic rings. The number of fused-ring (bicyclic) bond motifs is 4. The Morgan fingerprint density at radius 1 is 0.804 bits per heavy atom. The Bertz CT molecular complexity index is 2160. The molecule has 46 heavy (non-hydrogen) atoms. The summed E-state index contributed by atoms with van der Waals surface area (Å²) in [7, 11) is 0. The monoisotopic (exact) mass is 627 g/mol. The molecule has 0 atom stereocenters. The summed E-state index contributed by atoms with van der Waals surface area (Å²) in [5.41, 5.74) is 5.90. The number of rotatable bonds is 6. The molecule has 9 nitrogen and oxygen atoms in total. The van der Waals surface area contributed by atoms with Gasteiger partial charge in [-0.2, -0.15) is 0 Å². The second kappa shape index (κ2) is 11.5. The molecule has 3 aromatic carbocycles. The van der Waals surface area contributed by atoms with E-state index < -0.39 is 26.7 Å². The molecule has 0 saturated heterocycles. The first-order valence-electron chi connectivity index (χ1n) is 15.6. The van der Waals surface area contributed by atoms with Crippen LogP contribution in [-0.4, -0.2) is 44.2 Å². The van der Waals surface area contributed by atoms with E-state index in [1.807, 2.05) is 68.4 Å². The van der Waals surface area contributed by atoms with Crippen molar-refractivity contribution in [2.75, 3.05) is 18.0 Å². The molecule has 0 amide bonds. The van der Waals surface area contributed by atoms with E-state index in [4.69, 9.17) is 15.8 Å². The van der Waals surface area contributed by atoms with Crippen LogP contribution in [0.3, 0.4) is 0 Å². The molecule has 0 aliphatic carbocycles. The first-order chi connectivity index (χ1) is 22.4. The molecule has 0 radical (unpaired) electrons. The van der Waals surface area contributed by atoms with Crippen LogP contribution in [0.2, 0.25) is 0 Å². The van der Waals surface area contributed by atoms with Gasteiger partial charge in [0, 0.05) is 51.9 Å². The third-order valence-electron chi connectivity index (χ3n) is 8.73. The molecular formula is C36H30AlN3O6. The number of hydrogen-bond donors (Lipinski definition) is 0. The lowest BCUT2D eigenvalue weighted by Crippen LogP contribution is -2.37. The summed E-state index contributed by atoms with van der Waals surface area (Å²) >= 11 is -3.40. The summed E-state index contributed by atoms with van der Waals surface area (Å²) < 4.78 is 24.6. The van der Waals surface area contributed by atoms with E-state index in [-0.39, 0.29) is 5.56 Å². The van der Waals surface area contributed by atoms with Gasteiger partial charge in [-0.1, -0.05) is 36.4 Å². The predicted molar refractivity (Wildman–Crippen MR) is 177 cm³/mol. The Balaban J connectivity index is 1.18. The van der Waals surface area contributed by atoms with Gasteiger partial charge in [-0.3, -0.25) is 0 Å². The number of pyridine rings is 2. The van der Waals surface area contributed by atoms with E-state index >= 15 is 0 Å². The summed E-state index contributed by atoms with van der Waals surface area (Å²) in [6.07, 6.45) is 3.83. The largest absolute Gasteiger partial charge is 1.20 e. The summed E-state index contributed by atoms with van der Waals surface area (Å²) in [6, 6.07) is 22.5. The molecule has 10 heteroatoms. The molecule has 2 aliphatic heterocycles. The second-order valence-electron chi connectivity index (χ2n) is 11.9. The SMILES string of the molecule is Cc1ccc2cccc([O][Al]([O]C(=O)c3cc4cc5c6c(c4oc3=O)CCCN6CCC5)[O]c3cccc4ccc(C)nc34)c2n1. The zero-order valence-electron chi connectivity index (χ0n) is 25.5. The zero-order valence-corrected chi connectivity index (χ0v) is 26.7. The average molecular weight is 628 g/mol. The lowest BCUT2D eigenvalue weighted by Gasteiger charge is -2.37. The van der Waals surface area contributed by atoms with Crippen LogP contribution in [0.15, 0.2) is 82.0 Å². The van der Waals surface area contributed by atoms with Crippen LogP contribution in [0.1, 0.15) is 45.7 Å². The van der Waals surface area contributed by atoms with Crippen LogP contribution in [0, 0.1) is 13.8 Å². The number of hydrogen-bond acceptors (Lipinski definition) is 9. The first-order valence-corrected chi connectivity index (χ1v) is 17.0. The molecule has 0 bridgehead atoms. The average Bonchev–Trinajstić information content (AvgIpc) is 3.05. The van der Waals surface area contributed by atoms with Crippen LogP contribution in [-0.2, 0) is 16.6 Å². The number of benzene rings is 3. The molecule has 0 saturated carbocycles. The highest BCUT2D eigenvalue weighted by Gasteiger charge is 2.48. The van der Waals surface area contributed by atoms with E-state index in [1.54, 1.807) is 18.2 Å². The van der Waals surface area contributed by atoms with Crippen molar-refractivity contribution in [3.8, 4) is 11.5 Å². The normalized spacial score (nSPS) is 13.9. The topological polar surface area (TPSA) is 104 Å². The van der Waals surface area contributed by atoms with Crippen molar-refractivity contribution in [3.63, 3.8) is 0 Å². The molecule has 0 fully saturated rings. The zero-order chi connectivity index (χ0) is 31.4. The van der Waals surface area contributed by atoms with Crippen molar-refractivity contribution < 1.29 is 20.6 Å². The quantitative estimate of drug-likeness (QED) is 0.151. The van der Waals surface area contributed by atoms with Gasteiger partial charge >= 0.3 is 26.7 Å². The van der Waals surface area contributed by atoms with E-state index in [0.29, 0.717) is 33.5 Å². The van der Waals surface area contributed by atoms with Crippen molar-refractivity contribution in [3.05, 3.63) is 111 Å². The van der Waals surface area contributed by atoms with Gasteiger partial charge in [-0.25, -0.2) is 19.6 Å². The fraction of sp³-hybridized carbons (Fsp3) is 0.222. The lowest BCUT2D eigenvalue weighted by molar-refractivity contribution is 0.0659. The Morgan fingerprint density at radius 3 is 2.09 bits per heavy atom. The summed E-state index contributed by atoms with van der Waals surface area (Å²) in [6.45, 7) is 5.80. The number of carbonyl (C=O) groups excluding carboxylic acids is 1. The highest BCUT2D eigenvalue weighted by Crippen LogP contribution is 2.40. The number of carbonyl (C=O) groups is 1. The number of aromatic nitrogens is 2. The van der Waals surface area contributed by atoms with Crippen LogP contribution in [0.25, 0.3) is 32.8 Å². The van der Waals surface area contributed by atoms with Gasteiger partial charge in [0.1, 0.15) is 33.7 Å². The molecule has 0 spiro atoms. The first kappa shape index (κ1) is 28.6. The third-order valence-corrected chi connectivity index (χ3v) is 10.0. The Kier molecular flexibility index (Phi) is 7.12.